The van der Waals surface area contributed by atoms with Gasteiger partial charge in [-0.15, -0.1) is 0 Å². The second-order valence-electron chi connectivity index (χ2n) is 2.89. The van der Waals surface area contributed by atoms with Crippen LogP contribution in [0.1, 0.15) is 34.6 Å². The molecule has 0 atom stereocenters. The summed E-state index contributed by atoms with van der Waals surface area (Å²) < 4.78 is 0. The van der Waals surface area contributed by atoms with E-state index in [2.05, 4.69) is 46.1 Å². The molecule has 0 rings (SSSR count). The van der Waals surface area contributed by atoms with Crippen molar-refractivity contribution in [3.8, 4) is 0 Å². The standard InChI is InChI=1S/C8H18N.Hf/c1-6-9(7(2)3)8(4)5;/h6-8H,1-5H3;/q-1;. The zero-order valence-corrected chi connectivity index (χ0v) is 11.3. The van der Waals surface area contributed by atoms with Crippen molar-refractivity contribution in [2.45, 2.75) is 46.7 Å². The molecule has 0 radical (unpaired) electrons. The quantitative estimate of drug-likeness (QED) is 0.571. The Hall–Kier alpha value is 0.830. The Morgan fingerprint density at radius 1 is 1.00 bits per heavy atom. The maximum absolute atomic E-state index is 2.33. The molecule has 0 bridgehead atoms. The number of hydrogen-bond donors (Lipinski definition) is 0. The van der Waals surface area contributed by atoms with E-state index in [1.54, 1.807) is 0 Å². The zero-order valence-electron chi connectivity index (χ0n) is 7.68. The van der Waals surface area contributed by atoms with Gasteiger partial charge in [0.05, 0.1) is 0 Å². The van der Waals surface area contributed by atoms with Crippen molar-refractivity contribution >= 4 is 0 Å². The van der Waals surface area contributed by atoms with Gasteiger partial charge in [0.25, 0.3) is 0 Å². The molecule has 0 saturated carbocycles. The first-order valence-corrected chi connectivity index (χ1v) is 3.66. The molecule has 0 unspecified atom stereocenters. The van der Waals surface area contributed by atoms with Crippen molar-refractivity contribution in [2.75, 3.05) is 0 Å². The van der Waals surface area contributed by atoms with Gasteiger partial charge in [-0.05, 0) is 12.1 Å². The molecule has 1 nitrogen and oxygen atoms in total. The SMILES string of the molecule is C[CH-]N(C(C)C)C(C)C.[Hf]. The molecule has 0 aliphatic rings. The Morgan fingerprint density at radius 3 is 1.30 bits per heavy atom. The van der Waals surface area contributed by atoms with Gasteiger partial charge < -0.3 is 4.90 Å². The molecule has 0 amide bonds. The van der Waals surface area contributed by atoms with Crippen LogP contribution in [0.2, 0.25) is 0 Å². The summed E-state index contributed by atoms with van der Waals surface area (Å²) in [5.74, 6) is 0. The molecule has 0 heterocycles. The van der Waals surface area contributed by atoms with Crippen LogP contribution in [0.5, 0.6) is 0 Å². The minimum Gasteiger partial charge on any atom is -0.452 e. The molecule has 0 aromatic heterocycles. The summed E-state index contributed by atoms with van der Waals surface area (Å²) in [4.78, 5) is 2.33. The van der Waals surface area contributed by atoms with Crippen LogP contribution in [0, 0.1) is 6.54 Å². The predicted octanol–water partition coefficient (Wildman–Crippen LogP) is 2.28. The average Bonchev–Trinajstić information content (AvgIpc) is 1.64. The first-order valence-electron chi connectivity index (χ1n) is 3.66. The molecule has 2 heteroatoms. The van der Waals surface area contributed by atoms with Crippen LogP contribution in [0.25, 0.3) is 0 Å². The van der Waals surface area contributed by atoms with Crippen LogP contribution in [0.15, 0.2) is 0 Å². The maximum Gasteiger partial charge on any atom is 0 e. The van der Waals surface area contributed by atoms with Crippen LogP contribution in [0.4, 0.5) is 0 Å². The van der Waals surface area contributed by atoms with E-state index < -0.39 is 0 Å². The first kappa shape index (κ1) is 13.4. The van der Waals surface area contributed by atoms with Gasteiger partial charge in [-0.25, -0.2) is 0 Å². The summed E-state index contributed by atoms with van der Waals surface area (Å²) in [6.45, 7) is 13.1. The van der Waals surface area contributed by atoms with Crippen LogP contribution in [0.3, 0.4) is 0 Å². The van der Waals surface area contributed by atoms with Crippen molar-refractivity contribution < 1.29 is 25.8 Å². The zero-order chi connectivity index (χ0) is 7.44. The largest absolute Gasteiger partial charge is 0.452 e. The van der Waals surface area contributed by atoms with Gasteiger partial charge in [0.1, 0.15) is 0 Å². The maximum atomic E-state index is 2.33. The summed E-state index contributed by atoms with van der Waals surface area (Å²) >= 11 is 0. The molecule has 60 valence electrons. The van der Waals surface area contributed by atoms with Crippen molar-refractivity contribution in [1.29, 1.82) is 0 Å². The van der Waals surface area contributed by atoms with Gasteiger partial charge in [0.15, 0.2) is 0 Å². The van der Waals surface area contributed by atoms with E-state index in [4.69, 9.17) is 0 Å². The minimum absolute atomic E-state index is 0. The first-order chi connectivity index (χ1) is 4.09. The van der Waals surface area contributed by atoms with Gasteiger partial charge in [-0.2, -0.15) is 6.92 Å². The number of hydrogen-bond acceptors (Lipinski definition) is 1. The third-order valence-electron chi connectivity index (χ3n) is 1.49. The fraction of sp³-hybridized carbons (Fsp3) is 0.875. The Bertz CT molecular complexity index is 63.7. The Balaban J connectivity index is 0. The van der Waals surface area contributed by atoms with E-state index >= 15 is 0 Å². The van der Waals surface area contributed by atoms with Crippen molar-refractivity contribution in [3.63, 3.8) is 0 Å². The van der Waals surface area contributed by atoms with Gasteiger partial charge in [-0.3, -0.25) is 6.54 Å². The van der Waals surface area contributed by atoms with E-state index in [1.165, 1.54) is 0 Å². The second-order valence-corrected chi connectivity index (χ2v) is 2.89. The Kier molecular flexibility index (Phi) is 8.77. The second kappa shape index (κ2) is 6.53. The van der Waals surface area contributed by atoms with Gasteiger partial charge in [0, 0.05) is 25.8 Å². The molecule has 0 aliphatic heterocycles. The average molecular weight is 307 g/mol. The molecule has 0 saturated heterocycles. The third kappa shape index (κ3) is 4.62. The fourth-order valence-corrected chi connectivity index (χ4v) is 1.19. The number of rotatable bonds is 3. The molecule has 0 spiro atoms. The molecule has 10 heavy (non-hydrogen) atoms. The minimum atomic E-state index is 0. The van der Waals surface area contributed by atoms with Gasteiger partial charge in [0.2, 0.25) is 0 Å². The summed E-state index contributed by atoms with van der Waals surface area (Å²) in [6.07, 6.45) is 0. The topological polar surface area (TPSA) is 3.24 Å². The van der Waals surface area contributed by atoms with Crippen LogP contribution in [-0.4, -0.2) is 17.0 Å². The number of nitrogens with zero attached hydrogens (tertiary/aromatic N) is 1. The Labute approximate surface area is 84.0 Å². The van der Waals surface area contributed by atoms with Crippen LogP contribution in [-0.2, 0) is 25.8 Å². The summed E-state index contributed by atoms with van der Waals surface area (Å²) in [5, 5.41) is 0. The predicted molar refractivity (Wildman–Crippen MR) is 42.1 cm³/mol. The molecule has 0 aromatic rings. The smallest absolute Gasteiger partial charge is 0 e. The third-order valence-corrected chi connectivity index (χ3v) is 1.49. The Morgan fingerprint density at radius 2 is 1.30 bits per heavy atom. The molecule has 0 aromatic carbocycles. The monoisotopic (exact) mass is 308 g/mol. The molecule has 0 fully saturated rings. The van der Waals surface area contributed by atoms with Crippen molar-refractivity contribution in [3.05, 3.63) is 6.54 Å². The van der Waals surface area contributed by atoms with Crippen molar-refractivity contribution in [1.82, 2.24) is 4.90 Å². The van der Waals surface area contributed by atoms with Crippen molar-refractivity contribution in [2.24, 2.45) is 0 Å². The fourth-order valence-electron chi connectivity index (χ4n) is 1.19. The normalized spacial score (nSPS) is 10.8. The van der Waals surface area contributed by atoms with Gasteiger partial charge >= 0.3 is 0 Å². The molecular formula is C8H18HfN-. The summed E-state index contributed by atoms with van der Waals surface area (Å²) in [6, 6.07) is 1.27. The van der Waals surface area contributed by atoms with E-state index in [1.807, 2.05) is 0 Å². The summed E-state index contributed by atoms with van der Waals surface area (Å²) in [5.41, 5.74) is 0. The van der Waals surface area contributed by atoms with E-state index in [0.29, 0.717) is 12.1 Å². The van der Waals surface area contributed by atoms with E-state index in [9.17, 15) is 0 Å². The van der Waals surface area contributed by atoms with E-state index in [-0.39, 0.29) is 25.8 Å². The van der Waals surface area contributed by atoms with Crippen LogP contribution < -0.4 is 0 Å². The summed E-state index contributed by atoms with van der Waals surface area (Å²) in [7, 11) is 0. The van der Waals surface area contributed by atoms with Crippen LogP contribution >= 0.6 is 0 Å². The molecular weight excluding hydrogens is 289 g/mol. The molecule has 0 aliphatic carbocycles. The molecule has 0 N–H and O–H groups in total. The van der Waals surface area contributed by atoms with Gasteiger partial charge in [-0.1, -0.05) is 27.7 Å². The van der Waals surface area contributed by atoms with E-state index in [0.717, 1.165) is 0 Å².